The Bertz CT molecular complexity index is 495. The van der Waals surface area contributed by atoms with Gasteiger partial charge in [0, 0.05) is 12.6 Å². The van der Waals surface area contributed by atoms with Crippen molar-refractivity contribution in [3.63, 3.8) is 0 Å². The SMILES string of the molecule is CNC(=O)c1cc(O)cc(S(N)(=O)=O)c1. The number of carbonyl (C=O) groups excluding carboxylic acids is 1. The Morgan fingerprint density at radius 2 is 2.00 bits per heavy atom. The van der Waals surface area contributed by atoms with Gasteiger partial charge in [-0.1, -0.05) is 0 Å². The normalized spacial score (nSPS) is 11.1. The third-order valence-electron chi connectivity index (χ3n) is 1.71. The van der Waals surface area contributed by atoms with Crippen LogP contribution in [-0.2, 0) is 10.0 Å². The highest BCUT2D eigenvalue weighted by Crippen LogP contribution is 2.18. The maximum absolute atomic E-state index is 11.2. The third-order valence-corrected chi connectivity index (χ3v) is 2.60. The lowest BCUT2D eigenvalue weighted by molar-refractivity contribution is 0.0962. The first-order chi connectivity index (χ1) is 6.84. The van der Waals surface area contributed by atoms with E-state index < -0.39 is 15.9 Å². The molecule has 0 aromatic heterocycles. The molecule has 0 aliphatic carbocycles. The summed E-state index contributed by atoms with van der Waals surface area (Å²) in [7, 11) is -2.54. The summed E-state index contributed by atoms with van der Waals surface area (Å²) in [5, 5.41) is 16.4. The van der Waals surface area contributed by atoms with Crippen LogP contribution in [0.2, 0.25) is 0 Å². The van der Waals surface area contributed by atoms with Crippen molar-refractivity contribution in [3.05, 3.63) is 23.8 Å². The lowest BCUT2D eigenvalue weighted by Crippen LogP contribution is -2.19. The topological polar surface area (TPSA) is 109 Å². The van der Waals surface area contributed by atoms with Crippen LogP contribution < -0.4 is 10.5 Å². The van der Waals surface area contributed by atoms with Gasteiger partial charge in [0.05, 0.1) is 4.90 Å². The Morgan fingerprint density at radius 1 is 1.40 bits per heavy atom. The van der Waals surface area contributed by atoms with Gasteiger partial charge in [-0.2, -0.15) is 0 Å². The summed E-state index contributed by atoms with van der Waals surface area (Å²) in [5.74, 6) is -0.837. The first kappa shape index (κ1) is 11.5. The number of nitrogens with one attached hydrogen (secondary N) is 1. The molecule has 1 aromatic carbocycles. The zero-order chi connectivity index (χ0) is 11.6. The molecule has 4 N–H and O–H groups in total. The first-order valence-corrected chi connectivity index (χ1v) is 5.48. The zero-order valence-corrected chi connectivity index (χ0v) is 8.71. The van der Waals surface area contributed by atoms with Crippen molar-refractivity contribution in [2.75, 3.05) is 7.05 Å². The first-order valence-electron chi connectivity index (χ1n) is 3.93. The molecule has 15 heavy (non-hydrogen) atoms. The van der Waals surface area contributed by atoms with E-state index in [1.165, 1.54) is 7.05 Å². The van der Waals surface area contributed by atoms with Crippen LogP contribution in [0.4, 0.5) is 0 Å². The molecular formula is C8H10N2O4S. The molecule has 1 amide bonds. The lowest BCUT2D eigenvalue weighted by atomic mass is 10.2. The summed E-state index contributed by atoms with van der Waals surface area (Å²) >= 11 is 0. The molecule has 7 heteroatoms. The predicted octanol–water partition coefficient (Wildman–Crippen LogP) is -0.601. The quantitative estimate of drug-likeness (QED) is 0.630. The number of hydrogen-bond donors (Lipinski definition) is 3. The van der Waals surface area contributed by atoms with E-state index >= 15 is 0 Å². The number of amides is 1. The molecule has 0 fully saturated rings. The number of aromatic hydroxyl groups is 1. The highest BCUT2D eigenvalue weighted by molar-refractivity contribution is 7.89. The number of nitrogens with two attached hydrogens (primary N) is 1. The summed E-state index contributed by atoms with van der Waals surface area (Å²) in [5.41, 5.74) is 0.0292. The molecular weight excluding hydrogens is 220 g/mol. The van der Waals surface area contributed by atoms with Crippen molar-refractivity contribution in [3.8, 4) is 5.75 Å². The smallest absolute Gasteiger partial charge is 0.251 e. The van der Waals surface area contributed by atoms with E-state index in [4.69, 9.17) is 5.14 Å². The van der Waals surface area contributed by atoms with Crippen LogP contribution in [0.5, 0.6) is 5.75 Å². The van der Waals surface area contributed by atoms with Crippen molar-refractivity contribution in [2.45, 2.75) is 4.90 Å². The molecule has 1 aromatic rings. The molecule has 82 valence electrons. The van der Waals surface area contributed by atoms with Crippen molar-refractivity contribution in [2.24, 2.45) is 5.14 Å². The number of carbonyl (C=O) groups is 1. The lowest BCUT2D eigenvalue weighted by Gasteiger charge is -2.04. The Morgan fingerprint density at radius 3 is 2.47 bits per heavy atom. The molecule has 0 saturated heterocycles. The van der Waals surface area contributed by atoms with Crippen molar-refractivity contribution in [1.29, 1.82) is 0 Å². The van der Waals surface area contributed by atoms with E-state index in [0.717, 1.165) is 18.2 Å². The van der Waals surface area contributed by atoms with Gasteiger partial charge in [-0.05, 0) is 18.2 Å². The minimum atomic E-state index is -3.93. The van der Waals surface area contributed by atoms with Gasteiger partial charge in [0.25, 0.3) is 5.91 Å². The van der Waals surface area contributed by atoms with Crippen LogP contribution >= 0.6 is 0 Å². The number of hydrogen-bond acceptors (Lipinski definition) is 4. The maximum Gasteiger partial charge on any atom is 0.251 e. The largest absolute Gasteiger partial charge is 0.508 e. The van der Waals surface area contributed by atoms with E-state index in [1.54, 1.807) is 0 Å². The monoisotopic (exact) mass is 230 g/mol. The number of phenolic OH excluding ortho intramolecular Hbond substituents is 1. The summed E-state index contributed by atoms with van der Waals surface area (Å²) in [6, 6.07) is 3.21. The molecule has 1 rings (SSSR count). The second-order valence-electron chi connectivity index (χ2n) is 2.84. The van der Waals surface area contributed by atoms with E-state index in [-0.39, 0.29) is 16.2 Å². The van der Waals surface area contributed by atoms with Gasteiger partial charge in [-0.25, -0.2) is 13.6 Å². The summed E-state index contributed by atoms with van der Waals surface area (Å²) in [4.78, 5) is 10.9. The minimum absolute atomic E-state index is 0.0292. The van der Waals surface area contributed by atoms with Crippen LogP contribution in [-0.4, -0.2) is 26.5 Å². The second kappa shape index (κ2) is 3.87. The maximum atomic E-state index is 11.2. The fraction of sp³-hybridized carbons (Fsp3) is 0.125. The average Bonchev–Trinajstić information content (AvgIpc) is 2.14. The summed E-state index contributed by atoms with van der Waals surface area (Å²) in [6.07, 6.45) is 0. The van der Waals surface area contributed by atoms with Gasteiger partial charge in [0.15, 0.2) is 0 Å². The number of sulfonamides is 1. The van der Waals surface area contributed by atoms with Gasteiger partial charge in [0.1, 0.15) is 5.75 Å². The van der Waals surface area contributed by atoms with Crippen molar-refractivity contribution >= 4 is 15.9 Å². The van der Waals surface area contributed by atoms with Gasteiger partial charge >= 0.3 is 0 Å². The average molecular weight is 230 g/mol. The Balaban J connectivity index is 3.35. The minimum Gasteiger partial charge on any atom is -0.508 e. The van der Waals surface area contributed by atoms with Crippen LogP contribution in [0.25, 0.3) is 0 Å². The van der Waals surface area contributed by atoms with E-state index in [2.05, 4.69) is 5.32 Å². The van der Waals surface area contributed by atoms with Crippen LogP contribution in [0.3, 0.4) is 0 Å². The Kier molecular flexibility index (Phi) is 2.96. The molecule has 0 heterocycles. The standard InChI is InChI=1S/C8H10N2O4S/c1-10-8(12)5-2-6(11)4-7(3-5)15(9,13)14/h2-4,11H,1H3,(H,10,12)(H2,9,13,14). The zero-order valence-electron chi connectivity index (χ0n) is 7.89. The van der Waals surface area contributed by atoms with Crippen molar-refractivity contribution in [1.82, 2.24) is 5.32 Å². The number of rotatable bonds is 2. The van der Waals surface area contributed by atoms with Gasteiger partial charge in [-0.15, -0.1) is 0 Å². The van der Waals surface area contributed by atoms with Crippen LogP contribution in [0.15, 0.2) is 23.1 Å². The molecule has 0 unspecified atom stereocenters. The van der Waals surface area contributed by atoms with Gasteiger partial charge in [-0.3, -0.25) is 4.79 Å². The fourth-order valence-electron chi connectivity index (χ4n) is 1.02. The Labute approximate surface area is 86.8 Å². The molecule has 0 saturated carbocycles. The molecule has 0 bridgehead atoms. The third kappa shape index (κ3) is 2.67. The highest BCUT2D eigenvalue weighted by Gasteiger charge is 2.13. The van der Waals surface area contributed by atoms with E-state index in [1.807, 2.05) is 0 Å². The molecule has 0 aliphatic rings. The molecule has 0 atom stereocenters. The summed E-state index contributed by atoms with van der Waals surface area (Å²) < 4.78 is 22.0. The fourth-order valence-corrected chi connectivity index (χ4v) is 1.60. The van der Waals surface area contributed by atoms with E-state index in [9.17, 15) is 18.3 Å². The summed E-state index contributed by atoms with van der Waals surface area (Å²) in [6.45, 7) is 0. The number of phenols is 1. The number of primary sulfonamides is 1. The molecule has 0 spiro atoms. The molecule has 0 aliphatic heterocycles. The van der Waals surface area contributed by atoms with Gasteiger partial charge in [0.2, 0.25) is 10.0 Å². The molecule has 6 nitrogen and oxygen atoms in total. The van der Waals surface area contributed by atoms with E-state index in [0.29, 0.717) is 0 Å². The predicted molar refractivity (Wildman–Crippen MR) is 52.9 cm³/mol. The number of benzene rings is 1. The van der Waals surface area contributed by atoms with Gasteiger partial charge < -0.3 is 10.4 Å². The Hall–Kier alpha value is -1.60. The van der Waals surface area contributed by atoms with Crippen LogP contribution in [0, 0.1) is 0 Å². The molecule has 0 radical (unpaired) electrons. The second-order valence-corrected chi connectivity index (χ2v) is 4.40. The van der Waals surface area contributed by atoms with Crippen LogP contribution in [0.1, 0.15) is 10.4 Å². The highest BCUT2D eigenvalue weighted by atomic mass is 32.2. The van der Waals surface area contributed by atoms with Crippen molar-refractivity contribution < 1.29 is 18.3 Å².